The minimum absolute atomic E-state index is 0.0845. The molecule has 0 saturated carbocycles. The molecule has 0 saturated heterocycles. The summed E-state index contributed by atoms with van der Waals surface area (Å²) in [7, 11) is -3.73. The second kappa shape index (κ2) is 9.40. The lowest BCUT2D eigenvalue weighted by Crippen LogP contribution is -2.29. The third-order valence-electron chi connectivity index (χ3n) is 4.75. The largest absolute Gasteiger partial charge is 0.340 e. The number of nitrogens with one attached hydrogen (secondary N) is 1. The summed E-state index contributed by atoms with van der Waals surface area (Å²) in [4.78, 5) is 24.2. The fourth-order valence-electron chi connectivity index (χ4n) is 3.19. The van der Waals surface area contributed by atoms with Crippen LogP contribution in [0.1, 0.15) is 45.7 Å². The number of sulfone groups is 1. The normalized spacial score (nSPS) is 12.3. The van der Waals surface area contributed by atoms with E-state index in [9.17, 15) is 23.3 Å². The molecule has 0 spiro atoms. The third kappa shape index (κ3) is 5.56. The van der Waals surface area contributed by atoms with Gasteiger partial charge < -0.3 is 5.32 Å². The van der Waals surface area contributed by atoms with Gasteiger partial charge in [-0.2, -0.15) is 0 Å². The molecule has 0 aliphatic rings. The zero-order valence-electron chi connectivity index (χ0n) is 17.1. The Morgan fingerprint density at radius 1 is 1.16 bits per heavy atom. The van der Waals surface area contributed by atoms with Gasteiger partial charge in [0, 0.05) is 28.8 Å². The number of nitrogens with zero attached hydrogens (tertiary/aromatic N) is 1. The predicted molar refractivity (Wildman–Crippen MR) is 120 cm³/mol. The lowest BCUT2D eigenvalue weighted by atomic mass is 10.0. The molecule has 1 N–H and O–H groups in total. The minimum atomic E-state index is -3.73. The van der Waals surface area contributed by atoms with Crippen LogP contribution in [-0.2, 0) is 16.3 Å². The Morgan fingerprint density at radius 3 is 2.42 bits per heavy atom. The summed E-state index contributed by atoms with van der Waals surface area (Å²) in [5.41, 5.74) is 1.52. The topological polar surface area (TPSA) is 106 Å². The van der Waals surface area contributed by atoms with Crippen molar-refractivity contribution >= 4 is 32.8 Å². The summed E-state index contributed by atoms with van der Waals surface area (Å²) in [5, 5.41) is 16.1. The molecule has 2 aromatic carbocycles. The van der Waals surface area contributed by atoms with Crippen molar-refractivity contribution in [3.8, 4) is 0 Å². The van der Waals surface area contributed by atoms with Crippen LogP contribution in [-0.4, -0.2) is 25.5 Å². The maximum Gasteiger partial charge on any atom is 0.271 e. The van der Waals surface area contributed by atoms with Crippen LogP contribution in [0.15, 0.2) is 64.9 Å². The molecular weight excluding hydrogens is 436 g/mol. The smallest absolute Gasteiger partial charge is 0.271 e. The van der Waals surface area contributed by atoms with Crippen molar-refractivity contribution in [1.29, 1.82) is 0 Å². The van der Waals surface area contributed by atoms with E-state index in [-0.39, 0.29) is 10.5 Å². The first-order valence-electron chi connectivity index (χ1n) is 9.61. The van der Waals surface area contributed by atoms with Gasteiger partial charge in [-0.05, 0) is 35.1 Å². The highest BCUT2D eigenvalue weighted by molar-refractivity contribution is 7.90. The molecule has 1 amide bonds. The number of rotatable bonds is 8. The Balaban J connectivity index is 1.98. The van der Waals surface area contributed by atoms with Crippen molar-refractivity contribution in [3.05, 3.63) is 91.7 Å². The van der Waals surface area contributed by atoms with Crippen LogP contribution in [0.4, 0.5) is 5.69 Å². The number of non-ortho nitro benzene ring substituents is 1. The Kier molecular flexibility index (Phi) is 6.87. The molecule has 9 heteroatoms. The van der Waals surface area contributed by atoms with E-state index in [4.69, 9.17) is 0 Å². The van der Waals surface area contributed by atoms with E-state index in [2.05, 4.69) is 12.2 Å². The molecule has 0 bridgehead atoms. The number of aryl methyl sites for hydroxylation is 1. The summed E-state index contributed by atoms with van der Waals surface area (Å²) in [5.74, 6) is -0.593. The van der Waals surface area contributed by atoms with Gasteiger partial charge in [0.15, 0.2) is 9.84 Å². The van der Waals surface area contributed by atoms with Crippen LogP contribution < -0.4 is 5.32 Å². The van der Waals surface area contributed by atoms with Crippen LogP contribution in [0.3, 0.4) is 0 Å². The fraction of sp³-hybridized carbons (Fsp3) is 0.227. The van der Waals surface area contributed by atoms with Gasteiger partial charge in [0.2, 0.25) is 0 Å². The van der Waals surface area contributed by atoms with Crippen molar-refractivity contribution < 1.29 is 18.1 Å². The number of hydrogen-bond acceptors (Lipinski definition) is 6. The summed E-state index contributed by atoms with van der Waals surface area (Å²) in [6, 6.07) is 14.4. The molecule has 1 heterocycles. The third-order valence-corrected chi connectivity index (χ3v) is 6.78. The van der Waals surface area contributed by atoms with Crippen LogP contribution in [0.25, 0.3) is 0 Å². The van der Waals surface area contributed by atoms with Gasteiger partial charge in [-0.3, -0.25) is 14.9 Å². The molecule has 0 aliphatic carbocycles. The molecule has 7 nitrogen and oxygen atoms in total. The molecule has 3 aromatic rings. The Labute approximate surface area is 184 Å². The highest BCUT2D eigenvalue weighted by Gasteiger charge is 2.23. The molecule has 0 fully saturated rings. The van der Waals surface area contributed by atoms with Gasteiger partial charge in [-0.15, -0.1) is 11.3 Å². The maximum absolute atomic E-state index is 13.0. The highest BCUT2D eigenvalue weighted by atomic mass is 32.2. The number of amides is 1. The van der Waals surface area contributed by atoms with E-state index in [0.717, 1.165) is 47.7 Å². The summed E-state index contributed by atoms with van der Waals surface area (Å²) in [6.45, 7) is 2.10. The first-order valence-corrected chi connectivity index (χ1v) is 12.4. The monoisotopic (exact) mass is 458 g/mol. The SMILES string of the molecule is CCCc1ccc(C(NC(=O)c2cc([N+](=O)[O-])cc(S(C)(=O)=O)c2)c2cccs2)cc1. The fourth-order valence-corrected chi connectivity index (χ4v) is 4.67. The molecule has 1 atom stereocenters. The molecule has 162 valence electrons. The lowest BCUT2D eigenvalue weighted by molar-refractivity contribution is -0.385. The molecule has 3 rings (SSSR count). The average molecular weight is 459 g/mol. The second-order valence-corrected chi connectivity index (χ2v) is 10.2. The van der Waals surface area contributed by atoms with Crippen molar-refractivity contribution in [2.24, 2.45) is 0 Å². The van der Waals surface area contributed by atoms with Crippen molar-refractivity contribution in [2.45, 2.75) is 30.7 Å². The lowest BCUT2D eigenvalue weighted by Gasteiger charge is -2.19. The number of nitro groups is 1. The van der Waals surface area contributed by atoms with E-state index in [0.29, 0.717) is 0 Å². The predicted octanol–water partition coefficient (Wildman–Crippen LogP) is 4.53. The van der Waals surface area contributed by atoms with Gasteiger partial charge in [0.1, 0.15) is 0 Å². The van der Waals surface area contributed by atoms with E-state index >= 15 is 0 Å². The van der Waals surface area contributed by atoms with Gasteiger partial charge in [-0.25, -0.2) is 8.42 Å². The first-order chi connectivity index (χ1) is 14.7. The second-order valence-electron chi connectivity index (χ2n) is 7.16. The summed E-state index contributed by atoms with van der Waals surface area (Å²) < 4.78 is 23.9. The van der Waals surface area contributed by atoms with Crippen molar-refractivity contribution in [2.75, 3.05) is 6.26 Å². The van der Waals surface area contributed by atoms with E-state index in [1.165, 1.54) is 16.9 Å². The Morgan fingerprint density at radius 2 is 1.87 bits per heavy atom. The van der Waals surface area contributed by atoms with Gasteiger partial charge >= 0.3 is 0 Å². The number of hydrogen-bond donors (Lipinski definition) is 1. The van der Waals surface area contributed by atoms with Gasteiger partial charge in [0.05, 0.1) is 15.9 Å². The maximum atomic E-state index is 13.0. The zero-order chi connectivity index (χ0) is 22.6. The zero-order valence-corrected chi connectivity index (χ0v) is 18.7. The summed E-state index contributed by atoms with van der Waals surface area (Å²) in [6.07, 6.45) is 2.93. The number of nitro benzene ring substituents is 1. The number of carbonyl (C=O) groups excluding carboxylic acids is 1. The molecule has 0 radical (unpaired) electrons. The van der Waals surface area contributed by atoms with Gasteiger partial charge in [0.25, 0.3) is 11.6 Å². The Hall–Kier alpha value is -3.04. The Bertz CT molecular complexity index is 1190. The molecule has 1 aromatic heterocycles. The van der Waals surface area contributed by atoms with E-state index in [1.807, 2.05) is 41.8 Å². The van der Waals surface area contributed by atoms with Crippen molar-refractivity contribution in [3.63, 3.8) is 0 Å². The van der Waals surface area contributed by atoms with Crippen LogP contribution in [0.2, 0.25) is 0 Å². The molecule has 31 heavy (non-hydrogen) atoms. The summed E-state index contributed by atoms with van der Waals surface area (Å²) >= 11 is 1.47. The highest BCUT2D eigenvalue weighted by Crippen LogP contribution is 2.28. The quantitative estimate of drug-likeness (QED) is 0.394. The number of carbonyl (C=O) groups is 1. The number of benzene rings is 2. The van der Waals surface area contributed by atoms with Gasteiger partial charge in [-0.1, -0.05) is 43.7 Å². The minimum Gasteiger partial charge on any atom is -0.340 e. The standard InChI is InChI=1S/C22H22N2O5S2/c1-3-5-15-7-9-16(10-8-15)21(20-6-4-11-30-20)23-22(25)17-12-18(24(26)27)14-19(13-17)31(2,28)29/h4,6-14,21H,3,5H2,1-2H3,(H,23,25). The van der Waals surface area contributed by atoms with E-state index in [1.54, 1.807) is 0 Å². The average Bonchev–Trinajstić information content (AvgIpc) is 3.26. The molecule has 0 aliphatic heterocycles. The van der Waals surface area contributed by atoms with Crippen LogP contribution in [0.5, 0.6) is 0 Å². The van der Waals surface area contributed by atoms with Crippen molar-refractivity contribution in [1.82, 2.24) is 5.32 Å². The molecule has 1 unspecified atom stereocenters. The first kappa shape index (κ1) is 22.6. The van der Waals surface area contributed by atoms with E-state index < -0.39 is 32.4 Å². The molecular formula is C22H22N2O5S2. The van der Waals surface area contributed by atoms with Crippen LogP contribution in [0, 0.1) is 10.1 Å². The number of thiophene rings is 1. The van der Waals surface area contributed by atoms with Crippen LogP contribution >= 0.6 is 11.3 Å².